The lowest BCUT2D eigenvalue weighted by Crippen LogP contribution is -2.04. The highest BCUT2D eigenvalue weighted by Gasteiger charge is 2.09. The number of para-hydroxylation sites is 1. The Balaban J connectivity index is 1.87. The Bertz CT molecular complexity index is 757. The lowest BCUT2D eigenvalue weighted by atomic mass is 10.2. The summed E-state index contributed by atoms with van der Waals surface area (Å²) in [5, 5.41) is 4.07. The van der Waals surface area contributed by atoms with Crippen molar-refractivity contribution in [1.82, 2.24) is 4.98 Å². The molecule has 2 aromatic carbocycles. The number of rotatable bonds is 5. The Hall–Kier alpha value is -1.78. The number of fused-ring (bicyclic) bond motifs is 1. The average molecular weight is 319 g/mol. The molecule has 0 fully saturated rings. The van der Waals surface area contributed by atoms with Gasteiger partial charge in [-0.2, -0.15) is 0 Å². The number of halogens is 1. The van der Waals surface area contributed by atoms with Crippen molar-refractivity contribution in [3.8, 4) is 5.75 Å². The summed E-state index contributed by atoms with van der Waals surface area (Å²) in [5.41, 5.74) is 4.73. The van der Waals surface area contributed by atoms with Crippen LogP contribution in [0.5, 0.6) is 5.75 Å². The summed E-state index contributed by atoms with van der Waals surface area (Å²) in [7, 11) is 0. The van der Waals surface area contributed by atoms with E-state index in [9.17, 15) is 0 Å². The van der Waals surface area contributed by atoms with Crippen LogP contribution in [0.25, 0.3) is 10.2 Å². The quantitative estimate of drug-likeness (QED) is 0.722. The standard InChI is InChI=1S/C16H15ClN2OS/c1-2-20-13-6-4-3-5-11(13)9-18-15-12(17)7-8-14-16(15)19-10-21-14/h3-8,10,18H,2,9H2,1H3. The summed E-state index contributed by atoms with van der Waals surface area (Å²) in [5.74, 6) is 0.897. The van der Waals surface area contributed by atoms with E-state index in [0.717, 1.165) is 27.2 Å². The van der Waals surface area contributed by atoms with Gasteiger partial charge in [0.15, 0.2) is 0 Å². The van der Waals surface area contributed by atoms with Crippen molar-refractivity contribution in [2.24, 2.45) is 0 Å². The van der Waals surface area contributed by atoms with Crippen LogP contribution in [0.1, 0.15) is 12.5 Å². The Kier molecular flexibility index (Phi) is 4.27. The van der Waals surface area contributed by atoms with Crippen LogP contribution < -0.4 is 10.1 Å². The second-order valence-corrected chi connectivity index (χ2v) is 5.81. The minimum atomic E-state index is 0.645. The molecule has 0 saturated carbocycles. The summed E-state index contributed by atoms with van der Waals surface area (Å²) in [6, 6.07) is 11.9. The Morgan fingerprint density at radius 2 is 2.10 bits per heavy atom. The van der Waals surface area contributed by atoms with Crippen LogP contribution >= 0.6 is 22.9 Å². The summed E-state index contributed by atoms with van der Waals surface area (Å²) >= 11 is 7.91. The molecule has 0 aliphatic rings. The number of hydrogen-bond donors (Lipinski definition) is 1. The van der Waals surface area contributed by atoms with Gasteiger partial charge in [0.25, 0.3) is 0 Å². The van der Waals surface area contributed by atoms with E-state index in [1.807, 2.05) is 48.8 Å². The van der Waals surface area contributed by atoms with Gasteiger partial charge in [-0.05, 0) is 25.1 Å². The zero-order chi connectivity index (χ0) is 14.7. The predicted octanol–water partition coefficient (Wildman–Crippen LogP) is 4.96. The van der Waals surface area contributed by atoms with E-state index in [2.05, 4.69) is 10.3 Å². The van der Waals surface area contributed by atoms with E-state index < -0.39 is 0 Å². The van der Waals surface area contributed by atoms with Gasteiger partial charge in [0, 0.05) is 12.1 Å². The first kappa shape index (κ1) is 14.2. The van der Waals surface area contributed by atoms with Crippen molar-refractivity contribution in [3.63, 3.8) is 0 Å². The summed E-state index contributed by atoms with van der Waals surface area (Å²) in [4.78, 5) is 4.39. The molecule has 3 rings (SSSR count). The molecule has 0 aliphatic carbocycles. The van der Waals surface area contributed by atoms with Crippen LogP contribution in [0.2, 0.25) is 5.02 Å². The number of hydrogen-bond acceptors (Lipinski definition) is 4. The lowest BCUT2D eigenvalue weighted by molar-refractivity contribution is 0.337. The Labute approximate surface area is 132 Å². The van der Waals surface area contributed by atoms with Gasteiger partial charge in [-0.15, -0.1) is 11.3 Å². The Morgan fingerprint density at radius 1 is 1.24 bits per heavy atom. The number of nitrogens with one attached hydrogen (secondary N) is 1. The minimum absolute atomic E-state index is 0.645. The van der Waals surface area contributed by atoms with Crippen LogP contribution in [0.3, 0.4) is 0 Å². The first-order valence-corrected chi connectivity index (χ1v) is 8.01. The Morgan fingerprint density at radius 3 is 2.95 bits per heavy atom. The van der Waals surface area contributed by atoms with E-state index in [1.54, 1.807) is 11.3 Å². The molecule has 0 aliphatic heterocycles. The molecule has 0 saturated heterocycles. The zero-order valence-corrected chi connectivity index (χ0v) is 13.2. The van der Waals surface area contributed by atoms with Crippen molar-refractivity contribution in [3.05, 3.63) is 52.5 Å². The van der Waals surface area contributed by atoms with Crippen molar-refractivity contribution in [2.75, 3.05) is 11.9 Å². The van der Waals surface area contributed by atoms with Gasteiger partial charge in [-0.25, -0.2) is 4.98 Å². The van der Waals surface area contributed by atoms with Gasteiger partial charge in [0.2, 0.25) is 0 Å². The smallest absolute Gasteiger partial charge is 0.124 e. The van der Waals surface area contributed by atoms with Crippen LogP contribution in [0, 0.1) is 0 Å². The van der Waals surface area contributed by atoms with Crippen molar-refractivity contribution >= 4 is 38.8 Å². The van der Waals surface area contributed by atoms with Crippen LogP contribution in [-0.2, 0) is 6.54 Å². The molecule has 0 radical (unpaired) electrons. The summed E-state index contributed by atoms with van der Waals surface area (Å²) in [6.45, 7) is 3.28. The normalized spacial score (nSPS) is 10.8. The highest BCUT2D eigenvalue weighted by molar-refractivity contribution is 7.16. The highest BCUT2D eigenvalue weighted by Crippen LogP contribution is 2.33. The maximum atomic E-state index is 6.30. The number of benzene rings is 2. The fraction of sp³-hybridized carbons (Fsp3) is 0.188. The van der Waals surface area contributed by atoms with E-state index in [-0.39, 0.29) is 0 Å². The average Bonchev–Trinajstić information content (AvgIpc) is 2.96. The zero-order valence-electron chi connectivity index (χ0n) is 11.6. The molecule has 0 bridgehead atoms. The molecule has 1 heterocycles. The van der Waals surface area contributed by atoms with Gasteiger partial charge in [-0.1, -0.05) is 29.8 Å². The molecule has 0 spiro atoms. The maximum absolute atomic E-state index is 6.30. The molecule has 3 nitrogen and oxygen atoms in total. The highest BCUT2D eigenvalue weighted by atomic mass is 35.5. The first-order valence-electron chi connectivity index (χ1n) is 6.76. The van der Waals surface area contributed by atoms with E-state index in [4.69, 9.17) is 16.3 Å². The monoisotopic (exact) mass is 318 g/mol. The largest absolute Gasteiger partial charge is 0.494 e. The molecular formula is C16H15ClN2OS. The fourth-order valence-electron chi connectivity index (χ4n) is 2.20. The van der Waals surface area contributed by atoms with E-state index in [0.29, 0.717) is 18.2 Å². The van der Waals surface area contributed by atoms with Crippen LogP contribution in [0.4, 0.5) is 5.69 Å². The van der Waals surface area contributed by atoms with Crippen LogP contribution in [-0.4, -0.2) is 11.6 Å². The van der Waals surface area contributed by atoms with E-state index in [1.165, 1.54) is 0 Å². The van der Waals surface area contributed by atoms with Gasteiger partial charge >= 0.3 is 0 Å². The summed E-state index contributed by atoms with van der Waals surface area (Å²) < 4.78 is 6.77. The second-order valence-electron chi connectivity index (χ2n) is 4.52. The third-order valence-corrected chi connectivity index (χ3v) is 4.29. The molecule has 0 unspecified atom stereocenters. The van der Waals surface area contributed by atoms with Gasteiger partial charge < -0.3 is 10.1 Å². The molecule has 1 N–H and O–H groups in total. The SMILES string of the molecule is CCOc1ccccc1CNc1c(Cl)ccc2scnc12. The number of aromatic nitrogens is 1. The molecule has 3 aromatic rings. The number of nitrogens with zero attached hydrogens (tertiary/aromatic N) is 1. The second kappa shape index (κ2) is 6.33. The fourth-order valence-corrected chi connectivity index (χ4v) is 3.11. The van der Waals surface area contributed by atoms with E-state index >= 15 is 0 Å². The molecule has 0 amide bonds. The first-order chi connectivity index (χ1) is 10.3. The van der Waals surface area contributed by atoms with Gasteiger partial charge in [-0.3, -0.25) is 0 Å². The number of ether oxygens (including phenoxy) is 1. The van der Waals surface area contributed by atoms with Crippen molar-refractivity contribution in [1.29, 1.82) is 0 Å². The maximum Gasteiger partial charge on any atom is 0.124 e. The molecular weight excluding hydrogens is 304 g/mol. The minimum Gasteiger partial charge on any atom is -0.494 e. The lowest BCUT2D eigenvalue weighted by Gasteiger charge is -2.13. The number of thiazole rings is 1. The molecule has 21 heavy (non-hydrogen) atoms. The van der Waals surface area contributed by atoms with Crippen molar-refractivity contribution in [2.45, 2.75) is 13.5 Å². The third-order valence-electron chi connectivity index (χ3n) is 3.18. The summed E-state index contributed by atoms with van der Waals surface area (Å²) in [6.07, 6.45) is 0. The van der Waals surface area contributed by atoms with Gasteiger partial charge in [0.1, 0.15) is 11.3 Å². The predicted molar refractivity (Wildman–Crippen MR) is 89.6 cm³/mol. The topological polar surface area (TPSA) is 34.1 Å². The molecule has 1 aromatic heterocycles. The van der Waals surface area contributed by atoms with Crippen LogP contribution in [0.15, 0.2) is 41.9 Å². The molecule has 5 heteroatoms. The van der Waals surface area contributed by atoms with Gasteiger partial charge in [0.05, 0.1) is 27.5 Å². The third kappa shape index (κ3) is 2.96. The molecule has 0 atom stereocenters. The molecule has 108 valence electrons. The van der Waals surface area contributed by atoms with Crippen molar-refractivity contribution < 1.29 is 4.74 Å². The number of anilines is 1.